The maximum Gasteiger partial charge on any atom is 0.341 e. The number of carbonyl (C=O) groups is 1. The van der Waals surface area contributed by atoms with Gasteiger partial charge in [-0.05, 0) is 31.5 Å². The van der Waals surface area contributed by atoms with Crippen LogP contribution in [0, 0.1) is 13.8 Å². The molecule has 0 amide bonds. The van der Waals surface area contributed by atoms with Crippen molar-refractivity contribution >= 4 is 5.97 Å². The van der Waals surface area contributed by atoms with Crippen LogP contribution in [-0.2, 0) is 11.2 Å². The first-order valence-corrected chi connectivity index (χ1v) is 6.44. The lowest BCUT2D eigenvalue weighted by atomic mass is 10.1. The maximum atomic E-state index is 12.0. The molecule has 1 aromatic carbocycles. The second-order valence-corrected chi connectivity index (χ2v) is 4.50. The molecule has 0 bridgehead atoms. The van der Waals surface area contributed by atoms with Gasteiger partial charge in [0.1, 0.15) is 11.3 Å². The molecule has 0 saturated carbocycles. The van der Waals surface area contributed by atoms with Gasteiger partial charge in [-0.1, -0.05) is 12.1 Å². The number of hydrogen-bond acceptors (Lipinski definition) is 4. The summed E-state index contributed by atoms with van der Waals surface area (Å²) in [5.74, 6) is 0.148. The number of nitrogens with one attached hydrogen (secondary N) is 1. The number of para-hydroxylation sites is 1. The molecule has 0 aliphatic carbocycles. The summed E-state index contributed by atoms with van der Waals surface area (Å²) in [6.45, 7) is 4.20. The average Bonchev–Trinajstić information content (AvgIpc) is 2.78. The smallest absolute Gasteiger partial charge is 0.341 e. The monoisotopic (exact) mass is 274 g/mol. The minimum absolute atomic E-state index is 0.318. The van der Waals surface area contributed by atoms with Crippen LogP contribution < -0.4 is 4.74 Å². The molecule has 2 aromatic rings. The third kappa shape index (κ3) is 2.99. The van der Waals surface area contributed by atoms with Gasteiger partial charge < -0.3 is 9.47 Å². The molecule has 0 spiro atoms. The number of H-pyrrole nitrogens is 1. The number of carbonyl (C=O) groups excluding carboxylic acids is 1. The first-order valence-electron chi connectivity index (χ1n) is 6.44. The van der Waals surface area contributed by atoms with Gasteiger partial charge in [0.05, 0.1) is 19.4 Å². The van der Waals surface area contributed by atoms with E-state index in [0.717, 1.165) is 17.0 Å². The van der Waals surface area contributed by atoms with E-state index in [1.54, 1.807) is 18.2 Å². The zero-order valence-corrected chi connectivity index (χ0v) is 11.9. The molecule has 1 heterocycles. The Hall–Kier alpha value is -2.30. The zero-order chi connectivity index (χ0) is 14.5. The number of rotatable bonds is 5. The number of hydrogen-bond donors (Lipinski definition) is 1. The van der Waals surface area contributed by atoms with Gasteiger partial charge in [-0.15, -0.1) is 0 Å². The van der Waals surface area contributed by atoms with E-state index in [0.29, 0.717) is 24.3 Å². The number of aromatic nitrogens is 2. The van der Waals surface area contributed by atoms with Crippen molar-refractivity contribution in [3.63, 3.8) is 0 Å². The Morgan fingerprint density at radius 1 is 1.30 bits per heavy atom. The summed E-state index contributed by atoms with van der Waals surface area (Å²) in [6, 6.07) is 7.02. The number of aryl methyl sites for hydroxylation is 2. The fraction of sp³-hybridized carbons (Fsp3) is 0.333. The molecule has 1 aromatic heterocycles. The summed E-state index contributed by atoms with van der Waals surface area (Å²) in [4.78, 5) is 12.0. The van der Waals surface area contributed by atoms with Crippen molar-refractivity contribution in [3.8, 4) is 5.75 Å². The molecule has 20 heavy (non-hydrogen) atoms. The highest BCUT2D eigenvalue weighted by Crippen LogP contribution is 2.18. The van der Waals surface area contributed by atoms with Crippen LogP contribution in [0.15, 0.2) is 24.3 Å². The normalized spacial score (nSPS) is 10.3. The molecule has 2 rings (SSSR count). The molecule has 0 radical (unpaired) electrons. The number of aromatic amines is 1. The summed E-state index contributed by atoms with van der Waals surface area (Å²) in [7, 11) is 1.53. The van der Waals surface area contributed by atoms with E-state index in [1.807, 2.05) is 19.9 Å². The molecule has 5 nitrogen and oxygen atoms in total. The third-order valence-corrected chi connectivity index (χ3v) is 3.19. The Morgan fingerprint density at radius 3 is 2.70 bits per heavy atom. The molecule has 0 atom stereocenters. The third-order valence-electron chi connectivity index (χ3n) is 3.19. The van der Waals surface area contributed by atoms with Crippen LogP contribution in [0.4, 0.5) is 0 Å². The molecular formula is C15H18N2O3. The lowest BCUT2D eigenvalue weighted by Crippen LogP contribution is -2.10. The molecule has 5 heteroatoms. The van der Waals surface area contributed by atoms with Gasteiger partial charge in [-0.3, -0.25) is 5.10 Å². The highest BCUT2D eigenvalue weighted by Gasteiger charge is 2.13. The highest BCUT2D eigenvalue weighted by molar-refractivity contribution is 5.92. The number of benzene rings is 1. The number of esters is 1. The van der Waals surface area contributed by atoms with Crippen LogP contribution in [0.2, 0.25) is 0 Å². The SMILES string of the molecule is COc1ccccc1C(=O)OCCc1c(C)n[nH]c1C. The van der Waals surface area contributed by atoms with Crippen molar-refractivity contribution in [3.05, 3.63) is 46.8 Å². The van der Waals surface area contributed by atoms with Crippen molar-refractivity contribution in [2.75, 3.05) is 13.7 Å². The van der Waals surface area contributed by atoms with Crippen LogP contribution >= 0.6 is 0 Å². The summed E-state index contributed by atoms with van der Waals surface area (Å²) >= 11 is 0. The molecule has 0 saturated heterocycles. The first kappa shape index (κ1) is 14.1. The van der Waals surface area contributed by atoms with Gasteiger partial charge in [-0.25, -0.2) is 4.79 Å². The summed E-state index contributed by atoms with van der Waals surface area (Å²) in [5, 5.41) is 7.03. The topological polar surface area (TPSA) is 64.2 Å². The van der Waals surface area contributed by atoms with Crippen molar-refractivity contribution < 1.29 is 14.3 Å². The van der Waals surface area contributed by atoms with Crippen LogP contribution in [-0.4, -0.2) is 29.9 Å². The van der Waals surface area contributed by atoms with E-state index in [9.17, 15) is 4.79 Å². The lowest BCUT2D eigenvalue weighted by Gasteiger charge is -2.08. The number of ether oxygens (including phenoxy) is 2. The van der Waals surface area contributed by atoms with Gasteiger partial charge >= 0.3 is 5.97 Å². The van der Waals surface area contributed by atoms with Gasteiger partial charge in [-0.2, -0.15) is 5.10 Å². The van der Waals surface area contributed by atoms with Crippen LogP contribution in [0.3, 0.4) is 0 Å². The van der Waals surface area contributed by atoms with Crippen LogP contribution in [0.25, 0.3) is 0 Å². The fourth-order valence-corrected chi connectivity index (χ4v) is 2.08. The number of nitrogens with zero attached hydrogens (tertiary/aromatic N) is 1. The predicted molar refractivity (Wildman–Crippen MR) is 75.0 cm³/mol. The Kier molecular flexibility index (Phi) is 4.40. The minimum Gasteiger partial charge on any atom is -0.496 e. The Morgan fingerprint density at radius 2 is 2.05 bits per heavy atom. The molecule has 0 unspecified atom stereocenters. The fourth-order valence-electron chi connectivity index (χ4n) is 2.08. The highest BCUT2D eigenvalue weighted by atomic mass is 16.5. The summed E-state index contributed by atoms with van der Waals surface area (Å²) in [5.41, 5.74) is 3.49. The van der Waals surface area contributed by atoms with Crippen LogP contribution in [0.1, 0.15) is 27.3 Å². The molecule has 0 aliphatic heterocycles. The molecule has 1 N–H and O–H groups in total. The zero-order valence-electron chi connectivity index (χ0n) is 11.9. The minimum atomic E-state index is -0.374. The molecule has 0 aliphatic rings. The Balaban J connectivity index is 1.96. The van der Waals surface area contributed by atoms with E-state index in [4.69, 9.17) is 9.47 Å². The largest absolute Gasteiger partial charge is 0.496 e. The van der Waals surface area contributed by atoms with E-state index in [-0.39, 0.29) is 5.97 Å². The molecule has 0 fully saturated rings. The predicted octanol–water partition coefficient (Wildman–Crippen LogP) is 2.43. The van der Waals surface area contributed by atoms with E-state index >= 15 is 0 Å². The lowest BCUT2D eigenvalue weighted by molar-refractivity contribution is 0.0505. The maximum absolute atomic E-state index is 12.0. The van der Waals surface area contributed by atoms with Gasteiger partial charge in [0.25, 0.3) is 0 Å². The molecular weight excluding hydrogens is 256 g/mol. The second-order valence-electron chi connectivity index (χ2n) is 4.50. The van der Waals surface area contributed by atoms with E-state index in [2.05, 4.69) is 10.2 Å². The first-order chi connectivity index (χ1) is 9.63. The van der Waals surface area contributed by atoms with E-state index in [1.165, 1.54) is 7.11 Å². The van der Waals surface area contributed by atoms with Gasteiger partial charge in [0.15, 0.2) is 0 Å². The number of methoxy groups -OCH3 is 1. The average molecular weight is 274 g/mol. The van der Waals surface area contributed by atoms with Crippen molar-refractivity contribution in [1.29, 1.82) is 0 Å². The summed E-state index contributed by atoms with van der Waals surface area (Å²) in [6.07, 6.45) is 0.648. The van der Waals surface area contributed by atoms with Gasteiger partial charge in [0.2, 0.25) is 0 Å². The van der Waals surface area contributed by atoms with Crippen molar-refractivity contribution in [2.24, 2.45) is 0 Å². The molecule has 106 valence electrons. The Bertz CT molecular complexity index is 585. The van der Waals surface area contributed by atoms with Crippen molar-refractivity contribution in [1.82, 2.24) is 10.2 Å². The second kappa shape index (κ2) is 6.23. The quantitative estimate of drug-likeness (QED) is 0.850. The summed E-state index contributed by atoms with van der Waals surface area (Å²) < 4.78 is 10.4. The van der Waals surface area contributed by atoms with Gasteiger partial charge in [0, 0.05) is 12.1 Å². The Labute approximate surface area is 117 Å². The van der Waals surface area contributed by atoms with Crippen molar-refractivity contribution in [2.45, 2.75) is 20.3 Å². The standard InChI is InChI=1S/C15H18N2O3/c1-10-12(11(2)17-16-10)8-9-20-15(18)13-6-4-5-7-14(13)19-3/h4-7H,8-9H2,1-3H3,(H,16,17). The van der Waals surface area contributed by atoms with E-state index < -0.39 is 0 Å². The van der Waals surface area contributed by atoms with Crippen LogP contribution in [0.5, 0.6) is 5.75 Å².